The molecule has 2 N–H and O–H groups in total. The average Bonchev–Trinajstić information content (AvgIpc) is 3.17. The van der Waals surface area contributed by atoms with Crippen molar-refractivity contribution in [2.75, 3.05) is 6.54 Å². The molecule has 1 heterocycles. The maximum atomic E-state index is 12.6. The summed E-state index contributed by atoms with van der Waals surface area (Å²) in [5.74, 6) is 1.16. The minimum atomic E-state index is -0.826. The van der Waals surface area contributed by atoms with Crippen LogP contribution in [0, 0.1) is 23.7 Å². The highest BCUT2D eigenvalue weighted by atomic mass is 16.4. The number of fused-ring (bicyclic) bond motifs is 3. The van der Waals surface area contributed by atoms with Crippen molar-refractivity contribution >= 4 is 12.0 Å². The molecule has 0 radical (unpaired) electrons. The second-order valence-corrected chi connectivity index (χ2v) is 7.52. The number of amides is 2. The van der Waals surface area contributed by atoms with Gasteiger partial charge in [-0.1, -0.05) is 12.8 Å². The van der Waals surface area contributed by atoms with Gasteiger partial charge in [-0.2, -0.15) is 0 Å². The molecule has 4 fully saturated rings. The second kappa shape index (κ2) is 4.89. The molecule has 0 aromatic carbocycles. The maximum Gasteiger partial charge on any atom is 0.326 e. The highest BCUT2D eigenvalue weighted by Gasteiger charge is 2.50. The van der Waals surface area contributed by atoms with Gasteiger partial charge in [0.05, 0.1) is 0 Å². The lowest BCUT2D eigenvalue weighted by molar-refractivity contribution is -0.142. The first-order valence-electron chi connectivity index (χ1n) is 8.43. The molecule has 0 aromatic rings. The largest absolute Gasteiger partial charge is 0.480 e. The summed E-state index contributed by atoms with van der Waals surface area (Å²) in [6.07, 6.45) is 8.02. The first-order chi connectivity index (χ1) is 10.1. The van der Waals surface area contributed by atoms with Gasteiger partial charge in [0, 0.05) is 12.6 Å². The number of carbonyl (C=O) groups is 2. The van der Waals surface area contributed by atoms with E-state index in [4.69, 9.17) is 0 Å². The molecule has 3 aliphatic carbocycles. The summed E-state index contributed by atoms with van der Waals surface area (Å²) in [5, 5.41) is 12.7. The van der Waals surface area contributed by atoms with E-state index in [1.54, 1.807) is 4.90 Å². The van der Waals surface area contributed by atoms with Gasteiger partial charge in [0.1, 0.15) is 6.04 Å². The first kappa shape index (κ1) is 13.4. The Morgan fingerprint density at radius 2 is 1.90 bits per heavy atom. The van der Waals surface area contributed by atoms with E-state index in [0.717, 1.165) is 31.6 Å². The molecule has 0 aromatic heterocycles. The summed E-state index contributed by atoms with van der Waals surface area (Å²) < 4.78 is 0. The fraction of sp³-hybridized carbons (Fsp3) is 0.875. The van der Waals surface area contributed by atoms with Gasteiger partial charge in [-0.25, -0.2) is 9.59 Å². The molecular formula is C16H24N2O3. The van der Waals surface area contributed by atoms with Gasteiger partial charge >= 0.3 is 12.0 Å². The van der Waals surface area contributed by atoms with Crippen LogP contribution in [0.1, 0.15) is 44.9 Å². The van der Waals surface area contributed by atoms with Crippen molar-refractivity contribution in [2.45, 2.75) is 57.0 Å². The van der Waals surface area contributed by atoms with E-state index in [-0.39, 0.29) is 18.0 Å². The minimum absolute atomic E-state index is 0.130. The van der Waals surface area contributed by atoms with Crippen molar-refractivity contribution in [3.63, 3.8) is 0 Å². The van der Waals surface area contributed by atoms with Gasteiger partial charge in [0.25, 0.3) is 0 Å². The topological polar surface area (TPSA) is 69.6 Å². The van der Waals surface area contributed by atoms with Gasteiger partial charge in [0.2, 0.25) is 0 Å². The van der Waals surface area contributed by atoms with Crippen LogP contribution in [-0.2, 0) is 4.79 Å². The molecule has 1 saturated heterocycles. The zero-order chi connectivity index (χ0) is 14.6. The highest BCUT2D eigenvalue weighted by Crippen LogP contribution is 2.45. The third kappa shape index (κ3) is 2.12. The minimum Gasteiger partial charge on any atom is -0.480 e. The van der Waals surface area contributed by atoms with Crippen LogP contribution in [0.25, 0.3) is 0 Å². The first-order valence-corrected chi connectivity index (χ1v) is 8.43. The fourth-order valence-corrected chi connectivity index (χ4v) is 5.49. The number of likely N-dealkylation sites (tertiary alicyclic amines) is 1. The Kier molecular flexibility index (Phi) is 3.12. The summed E-state index contributed by atoms with van der Waals surface area (Å²) in [6, 6.07) is -0.448. The molecule has 5 heteroatoms. The number of rotatable bonds is 2. The van der Waals surface area contributed by atoms with E-state index in [9.17, 15) is 14.7 Å². The summed E-state index contributed by atoms with van der Waals surface area (Å²) in [7, 11) is 0. The number of hydrogen-bond acceptors (Lipinski definition) is 2. The molecule has 4 aliphatic rings. The van der Waals surface area contributed by atoms with Gasteiger partial charge in [-0.15, -0.1) is 0 Å². The third-order valence-electron chi connectivity index (χ3n) is 6.45. The van der Waals surface area contributed by atoms with E-state index >= 15 is 0 Å². The van der Waals surface area contributed by atoms with Crippen LogP contribution >= 0.6 is 0 Å². The van der Waals surface area contributed by atoms with Crippen molar-refractivity contribution in [1.82, 2.24) is 10.2 Å². The molecule has 3 saturated carbocycles. The number of hydrogen-bond donors (Lipinski definition) is 2. The Labute approximate surface area is 125 Å². The number of nitrogens with one attached hydrogen (secondary N) is 1. The van der Waals surface area contributed by atoms with Gasteiger partial charge in [-0.05, 0) is 55.8 Å². The zero-order valence-electron chi connectivity index (χ0n) is 12.3. The van der Waals surface area contributed by atoms with Gasteiger partial charge in [0.15, 0.2) is 0 Å². The van der Waals surface area contributed by atoms with Crippen LogP contribution in [0.3, 0.4) is 0 Å². The van der Waals surface area contributed by atoms with Crippen molar-refractivity contribution in [3.05, 3.63) is 0 Å². The third-order valence-corrected chi connectivity index (χ3v) is 6.45. The van der Waals surface area contributed by atoms with Crippen LogP contribution < -0.4 is 5.32 Å². The molecule has 4 rings (SSSR count). The molecule has 5 nitrogen and oxygen atoms in total. The Morgan fingerprint density at radius 3 is 2.57 bits per heavy atom. The lowest BCUT2D eigenvalue weighted by Gasteiger charge is -2.29. The number of carboxylic acid groups (broad SMARTS) is 1. The highest BCUT2D eigenvalue weighted by molar-refractivity contribution is 5.84. The van der Waals surface area contributed by atoms with E-state index in [1.807, 2.05) is 0 Å². The van der Waals surface area contributed by atoms with E-state index < -0.39 is 12.0 Å². The lowest BCUT2D eigenvalue weighted by atomic mass is 9.94. The van der Waals surface area contributed by atoms with E-state index in [1.165, 1.54) is 19.3 Å². The van der Waals surface area contributed by atoms with E-state index in [2.05, 4.69) is 5.32 Å². The van der Waals surface area contributed by atoms with Gasteiger partial charge < -0.3 is 15.3 Å². The maximum absolute atomic E-state index is 12.6. The fourth-order valence-electron chi connectivity index (χ4n) is 5.49. The van der Waals surface area contributed by atoms with Crippen LogP contribution in [0.4, 0.5) is 4.79 Å². The number of urea groups is 1. The average molecular weight is 292 g/mol. The van der Waals surface area contributed by atoms with Crippen LogP contribution in [0.2, 0.25) is 0 Å². The SMILES string of the molecule is O=C(O)C1C2CCCC2CN1C(=O)NC1CC2CCC1C2. The van der Waals surface area contributed by atoms with Crippen LogP contribution in [0.5, 0.6) is 0 Å². The van der Waals surface area contributed by atoms with Crippen molar-refractivity contribution < 1.29 is 14.7 Å². The summed E-state index contributed by atoms with van der Waals surface area (Å²) in [4.78, 5) is 25.8. The molecule has 1 aliphatic heterocycles. The Hall–Kier alpha value is -1.26. The smallest absolute Gasteiger partial charge is 0.326 e. The lowest BCUT2D eigenvalue weighted by Crippen LogP contribution is -2.51. The molecule has 116 valence electrons. The summed E-state index contributed by atoms with van der Waals surface area (Å²) in [5.41, 5.74) is 0. The summed E-state index contributed by atoms with van der Waals surface area (Å²) >= 11 is 0. The van der Waals surface area contributed by atoms with Crippen molar-refractivity contribution in [3.8, 4) is 0 Å². The number of carbonyl (C=O) groups excluding carboxylic acids is 1. The zero-order valence-corrected chi connectivity index (χ0v) is 12.3. The molecule has 6 unspecified atom stereocenters. The monoisotopic (exact) mass is 292 g/mol. The van der Waals surface area contributed by atoms with Crippen LogP contribution in [-0.4, -0.2) is 40.6 Å². The standard InChI is InChI=1S/C16H24N2O3/c19-15(20)14-12-3-1-2-11(12)8-18(14)16(21)17-13-7-9-4-5-10(13)6-9/h9-14H,1-8H2,(H,17,21)(H,19,20). The molecular weight excluding hydrogens is 268 g/mol. The second-order valence-electron chi connectivity index (χ2n) is 7.52. The molecule has 2 bridgehead atoms. The number of carboxylic acids is 1. The summed E-state index contributed by atoms with van der Waals surface area (Å²) in [6.45, 7) is 0.633. The molecule has 2 amide bonds. The number of nitrogens with zero attached hydrogens (tertiary/aromatic N) is 1. The predicted octanol–water partition coefficient (Wildman–Crippen LogP) is 2.07. The Balaban J connectivity index is 1.45. The van der Waals surface area contributed by atoms with E-state index in [0.29, 0.717) is 18.4 Å². The number of aliphatic carboxylic acids is 1. The van der Waals surface area contributed by atoms with Crippen LogP contribution in [0.15, 0.2) is 0 Å². The quantitative estimate of drug-likeness (QED) is 0.818. The predicted molar refractivity (Wildman–Crippen MR) is 76.7 cm³/mol. The van der Waals surface area contributed by atoms with Crippen molar-refractivity contribution in [1.29, 1.82) is 0 Å². The Bertz CT molecular complexity index is 466. The molecule has 21 heavy (non-hydrogen) atoms. The normalized spacial score (nSPS) is 44.1. The van der Waals surface area contributed by atoms with Crippen molar-refractivity contribution in [2.24, 2.45) is 23.7 Å². The molecule has 0 spiro atoms. The van der Waals surface area contributed by atoms with Gasteiger partial charge in [-0.3, -0.25) is 0 Å². The molecule has 6 atom stereocenters. The Morgan fingerprint density at radius 1 is 1.05 bits per heavy atom.